The molecule has 2 atom stereocenters. The fraction of sp³-hybridized carbons (Fsp3) is 0.900. The number of rotatable bonds is 7. The molecule has 16 heavy (non-hydrogen) atoms. The summed E-state index contributed by atoms with van der Waals surface area (Å²) in [4.78, 5) is 11.5. The van der Waals surface area contributed by atoms with Crippen LogP contribution in [0.2, 0.25) is 0 Å². The maximum atomic E-state index is 11.5. The molecule has 0 bridgehead atoms. The maximum Gasteiger partial charge on any atom is 0.237 e. The predicted octanol–water partition coefficient (Wildman–Crippen LogP) is -0.0893. The molecule has 3 N–H and O–H groups in total. The second kappa shape index (κ2) is 6.85. The number of amides is 1. The summed E-state index contributed by atoms with van der Waals surface area (Å²) in [5.41, 5.74) is 5.71. The van der Waals surface area contributed by atoms with Crippen molar-refractivity contribution in [2.24, 2.45) is 11.7 Å². The first kappa shape index (κ1) is 15.4. The van der Waals surface area contributed by atoms with Crippen molar-refractivity contribution in [3.05, 3.63) is 0 Å². The molecule has 0 aliphatic carbocycles. The van der Waals surface area contributed by atoms with Crippen molar-refractivity contribution in [2.75, 3.05) is 18.6 Å². The molecular weight excluding hydrogens is 228 g/mol. The Morgan fingerprint density at radius 3 is 2.44 bits per heavy atom. The van der Waals surface area contributed by atoms with E-state index in [2.05, 4.69) is 5.32 Å². The van der Waals surface area contributed by atoms with Crippen molar-refractivity contribution in [3.8, 4) is 0 Å². The minimum atomic E-state index is -2.95. The maximum absolute atomic E-state index is 11.5. The molecule has 0 aromatic heterocycles. The highest BCUT2D eigenvalue weighted by atomic mass is 32.2. The topological polar surface area (TPSA) is 89.3 Å². The van der Waals surface area contributed by atoms with Crippen LogP contribution in [0.15, 0.2) is 0 Å². The average Bonchev–Trinajstić information content (AvgIpc) is 2.20. The number of hydrogen-bond acceptors (Lipinski definition) is 4. The van der Waals surface area contributed by atoms with E-state index in [-0.39, 0.29) is 17.6 Å². The Hall–Kier alpha value is -0.620. The van der Waals surface area contributed by atoms with Gasteiger partial charge in [-0.05, 0) is 12.3 Å². The third-order valence-electron chi connectivity index (χ3n) is 2.55. The van der Waals surface area contributed by atoms with Gasteiger partial charge in [0.2, 0.25) is 5.91 Å². The van der Waals surface area contributed by atoms with Gasteiger partial charge in [0, 0.05) is 12.8 Å². The first-order chi connectivity index (χ1) is 7.28. The normalized spacial score (nSPS) is 15.5. The number of nitrogens with one attached hydrogen (secondary N) is 1. The summed E-state index contributed by atoms with van der Waals surface area (Å²) >= 11 is 0. The van der Waals surface area contributed by atoms with E-state index in [9.17, 15) is 13.2 Å². The second-order valence-electron chi connectivity index (χ2n) is 4.19. The van der Waals surface area contributed by atoms with Gasteiger partial charge in [-0.25, -0.2) is 8.42 Å². The number of carbonyl (C=O) groups excluding carboxylic acids is 1. The van der Waals surface area contributed by atoms with E-state index in [1.165, 1.54) is 6.26 Å². The SMILES string of the molecule is CCC(C)[C@H](N)C(=O)NCCCS(C)(=O)=O. The van der Waals surface area contributed by atoms with Gasteiger partial charge in [-0.1, -0.05) is 20.3 Å². The summed E-state index contributed by atoms with van der Waals surface area (Å²) in [6.45, 7) is 4.25. The molecule has 0 radical (unpaired) electrons. The van der Waals surface area contributed by atoms with Crippen LogP contribution in [0.5, 0.6) is 0 Å². The van der Waals surface area contributed by atoms with Gasteiger partial charge in [0.05, 0.1) is 11.8 Å². The van der Waals surface area contributed by atoms with Crippen LogP contribution >= 0.6 is 0 Å². The van der Waals surface area contributed by atoms with Crippen LogP contribution < -0.4 is 11.1 Å². The van der Waals surface area contributed by atoms with E-state index < -0.39 is 15.9 Å². The zero-order valence-electron chi connectivity index (χ0n) is 10.2. The molecule has 1 amide bonds. The minimum Gasteiger partial charge on any atom is -0.355 e. The fourth-order valence-corrected chi connectivity index (χ4v) is 1.84. The van der Waals surface area contributed by atoms with Crippen LogP contribution in [0.4, 0.5) is 0 Å². The van der Waals surface area contributed by atoms with Gasteiger partial charge in [0.25, 0.3) is 0 Å². The quantitative estimate of drug-likeness (QED) is 0.618. The fourth-order valence-electron chi connectivity index (χ4n) is 1.18. The van der Waals surface area contributed by atoms with Crippen molar-refractivity contribution in [3.63, 3.8) is 0 Å². The first-order valence-electron chi connectivity index (χ1n) is 5.49. The standard InChI is InChI=1S/C10H22N2O3S/c1-4-8(2)9(11)10(13)12-6-5-7-16(3,14)15/h8-9H,4-7,11H2,1-3H3,(H,12,13)/t8?,9-/m0/s1. The molecule has 0 saturated carbocycles. The second-order valence-corrected chi connectivity index (χ2v) is 6.45. The third-order valence-corrected chi connectivity index (χ3v) is 3.58. The average molecular weight is 250 g/mol. The molecule has 0 rings (SSSR count). The number of nitrogens with two attached hydrogens (primary N) is 1. The van der Waals surface area contributed by atoms with Crippen LogP contribution in [0, 0.1) is 5.92 Å². The number of carbonyl (C=O) groups is 1. The molecule has 0 spiro atoms. The number of sulfone groups is 1. The van der Waals surface area contributed by atoms with Crippen LogP contribution in [0.3, 0.4) is 0 Å². The Morgan fingerprint density at radius 1 is 1.44 bits per heavy atom. The van der Waals surface area contributed by atoms with Gasteiger partial charge in [-0.3, -0.25) is 4.79 Å². The molecule has 6 heteroatoms. The Labute approximate surface area is 97.7 Å². The van der Waals surface area contributed by atoms with Crippen molar-refractivity contribution < 1.29 is 13.2 Å². The first-order valence-corrected chi connectivity index (χ1v) is 7.55. The van der Waals surface area contributed by atoms with Gasteiger partial charge in [0.1, 0.15) is 9.84 Å². The lowest BCUT2D eigenvalue weighted by atomic mass is 9.99. The summed E-state index contributed by atoms with van der Waals surface area (Å²) in [5, 5.41) is 2.64. The highest BCUT2D eigenvalue weighted by Gasteiger charge is 2.18. The minimum absolute atomic E-state index is 0.0891. The van der Waals surface area contributed by atoms with Crippen molar-refractivity contribution in [1.82, 2.24) is 5.32 Å². The summed E-state index contributed by atoms with van der Waals surface area (Å²) in [5.74, 6) is 0.0176. The lowest BCUT2D eigenvalue weighted by Crippen LogP contribution is -2.45. The van der Waals surface area contributed by atoms with E-state index >= 15 is 0 Å². The highest BCUT2D eigenvalue weighted by molar-refractivity contribution is 7.90. The largest absolute Gasteiger partial charge is 0.355 e. The van der Waals surface area contributed by atoms with E-state index in [0.29, 0.717) is 13.0 Å². The Bertz CT molecular complexity index is 314. The van der Waals surface area contributed by atoms with E-state index in [4.69, 9.17) is 5.73 Å². The van der Waals surface area contributed by atoms with Crippen molar-refractivity contribution in [1.29, 1.82) is 0 Å². The Morgan fingerprint density at radius 2 is 2.00 bits per heavy atom. The zero-order chi connectivity index (χ0) is 12.8. The van der Waals surface area contributed by atoms with Crippen molar-refractivity contribution in [2.45, 2.75) is 32.7 Å². The Balaban J connectivity index is 3.82. The van der Waals surface area contributed by atoms with E-state index in [1.54, 1.807) is 0 Å². The summed E-state index contributed by atoms with van der Waals surface area (Å²) in [7, 11) is -2.95. The molecule has 0 aliphatic rings. The molecule has 5 nitrogen and oxygen atoms in total. The van der Waals surface area contributed by atoms with Crippen LogP contribution in [-0.2, 0) is 14.6 Å². The van der Waals surface area contributed by atoms with Crippen LogP contribution in [-0.4, -0.2) is 38.9 Å². The third kappa shape index (κ3) is 6.79. The summed E-state index contributed by atoms with van der Waals surface area (Å²) in [6, 6.07) is -0.511. The monoisotopic (exact) mass is 250 g/mol. The summed E-state index contributed by atoms with van der Waals surface area (Å²) in [6.07, 6.45) is 2.45. The van der Waals surface area contributed by atoms with Gasteiger partial charge in [0.15, 0.2) is 0 Å². The highest BCUT2D eigenvalue weighted by Crippen LogP contribution is 2.04. The lowest BCUT2D eigenvalue weighted by Gasteiger charge is -2.17. The van der Waals surface area contributed by atoms with Gasteiger partial charge in [-0.15, -0.1) is 0 Å². The van der Waals surface area contributed by atoms with Crippen LogP contribution in [0.1, 0.15) is 26.7 Å². The van der Waals surface area contributed by atoms with Gasteiger partial charge in [-0.2, -0.15) is 0 Å². The molecular formula is C10H22N2O3S. The Kier molecular flexibility index (Phi) is 6.59. The smallest absolute Gasteiger partial charge is 0.237 e. The van der Waals surface area contributed by atoms with E-state index in [1.807, 2.05) is 13.8 Å². The van der Waals surface area contributed by atoms with Crippen molar-refractivity contribution >= 4 is 15.7 Å². The van der Waals surface area contributed by atoms with Crippen LogP contribution in [0.25, 0.3) is 0 Å². The molecule has 0 aromatic carbocycles. The molecule has 0 fully saturated rings. The number of hydrogen-bond donors (Lipinski definition) is 2. The van der Waals surface area contributed by atoms with Gasteiger partial charge >= 0.3 is 0 Å². The predicted molar refractivity (Wildman–Crippen MR) is 64.8 cm³/mol. The lowest BCUT2D eigenvalue weighted by molar-refractivity contribution is -0.123. The molecule has 0 saturated heterocycles. The summed E-state index contributed by atoms with van der Waals surface area (Å²) < 4.78 is 21.7. The molecule has 0 aliphatic heterocycles. The molecule has 1 unspecified atom stereocenters. The molecule has 0 aromatic rings. The zero-order valence-corrected chi connectivity index (χ0v) is 11.0. The molecule has 96 valence electrons. The van der Waals surface area contributed by atoms with Gasteiger partial charge < -0.3 is 11.1 Å². The molecule has 0 heterocycles. The van der Waals surface area contributed by atoms with E-state index in [0.717, 1.165) is 6.42 Å².